The topological polar surface area (TPSA) is 23.8 Å². The predicted molar refractivity (Wildman–Crippen MR) is 41.2 cm³/mol. The molecule has 50 valence electrons. The number of allylic oxidation sites excluding steroid dienone is 6. The minimum Gasteiger partial charge on any atom is -0.193 e. The summed E-state index contributed by atoms with van der Waals surface area (Å²) in [5.74, 6) is 0. The largest absolute Gasteiger partial charge is 0.193 e. The van der Waals surface area contributed by atoms with Gasteiger partial charge in [-0.15, -0.1) is 0 Å². The van der Waals surface area contributed by atoms with Crippen LogP contribution in [-0.2, 0) is 0 Å². The number of hydrogen-bond donors (Lipinski definition) is 0. The zero-order chi connectivity index (χ0) is 7.40. The maximum Gasteiger partial charge on any atom is 0.0953 e. The molecular weight excluding hydrogens is 122 g/mol. The maximum absolute atomic E-state index is 8.61. The van der Waals surface area contributed by atoms with Crippen molar-refractivity contribution in [3.05, 3.63) is 35.5 Å². The smallest absolute Gasteiger partial charge is 0.0953 e. The molecule has 0 saturated carbocycles. The summed E-state index contributed by atoms with van der Waals surface area (Å²) in [5, 5.41) is 8.61. The Hall–Kier alpha value is -1.29. The molecule has 0 bridgehead atoms. The molecule has 0 N–H and O–H groups in total. The average molecular weight is 131 g/mol. The first kappa shape index (κ1) is 6.82. The summed E-state index contributed by atoms with van der Waals surface area (Å²) in [6.07, 6.45) is 8.65. The van der Waals surface area contributed by atoms with Crippen molar-refractivity contribution >= 4 is 0 Å². The van der Waals surface area contributed by atoms with Crippen molar-refractivity contribution in [2.75, 3.05) is 0 Å². The molecule has 1 aliphatic rings. The van der Waals surface area contributed by atoms with Gasteiger partial charge in [-0.25, -0.2) is 0 Å². The van der Waals surface area contributed by atoms with Gasteiger partial charge in [0.15, 0.2) is 0 Å². The van der Waals surface area contributed by atoms with Crippen LogP contribution in [0, 0.1) is 11.3 Å². The molecule has 0 amide bonds. The lowest BCUT2D eigenvalue weighted by Crippen LogP contribution is -1.78. The number of nitriles is 1. The van der Waals surface area contributed by atoms with Crippen LogP contribution in [0.1, 0.15) is 13.3 Å². The summed E-state index contributed by atoms with van der Waals surface area (Å²) in [6.45, 7) is 1.96. The van der Waals surface area contributed by atoms with Gasteiger partial charge in [0.25, 0.3) is 0 Å². The third-order valence-electron chi connectivity index (χ3n) is 1.53. The first-order valence-corrected chi connectivity index (χ1v) is 3.27. The molecule has 0 unspecified atom stereocenters. The Kier molecular flexibility index (Phi) is 2.07. The Morgan fingerprint density at radius 3 is 3.00 bits per heavy atom. The fourth-order valence-electron chi connectivity index (χ4n) is 0.860. The normalized spacial score (nSPS) is 16.8. The lowest BCUT2D eigenvalue weighted by atomic mass is 10.1. The standard InChI is InChI=1S/C9H9N/c1-8-5-3-2-4-6-9(8)7-10/h2-5H,6H2,1H3. The van der Waals surface area contributed by atoms with E-state index >= 15 is 0 Å². The molecule has 0 aliphatic heterocycles. The van der Waals surface area contributed by atoms with Crippen molar-refractivity contribution < 1.29 is 0 Å². The van der Waals surface area contributed by atoms with Crippen LogP contribution >= 0.6 is 0 Å². The van der Waals surface area contributed by atoms with Gasteiger partial charge in [-0.2, -0.15) is 5.26 Å². The van der Waals surface area contributed by atoms with E-state index in [1.165, 1.54) is 0 Å². The number of rotatable bonds is 0. The summed E-state index contributed by atoms with van der Waals surface area (Å²) < 4.78 is 0. The predicted octanol–water partition coefficient (Wildman–Crippen LogP) is 2.34. The molecule has 0 spiro atoms. The quantitative estimate of drug-likeness (QED) is 0.495. The molecule has 1 nitrogen and oxygen atoms in total. The molecule has 1 heteroatoms. The second-order valence-electron chi connectivity index (χ2n) is 2.26. The van der Waals surface area contributed by atoms with Crippen molar-refractivity contribution in [3.8, 4) is 6.07 Å². The van der Waals surface area contributed by atoms with Gasteiger partial charge in [0, 0.05) is 12.0 Å². The zero-order valence-electron chi connectivity index (χ0n) is 5.96. The van der Waals surface area contributed by atoms with Crippen LogP contribution in [0.4, 0.5) is 0 Å². The minimum atomic E-state index is 0.773. The van der Waals surface area contributed by atoms with E-state index in [0.717, 1.165) is 17.6 Å². The van der Waals surface area contributed by atoms with E-state index in [-0.39, 0.29) is 0 Å². The molecule has 10 heavy (non-hydrogen) atoms. The average Bonchev–Trinajstić information content (AvgIpc) is 2.13. The molecule has 0 atom stereocenters. The molecule has 0 aromatic rings. The summed E-state index contributed by atoms with van der Waals surface area (Å²) in [6, 6.07) is 2.17. The Balaban J connectivity index is 2.96. The van der Waals surface area contributed by atoms with Crippen molar-refractivity contribution in [1.82, 2.24) is 0 Å². The molecule has 0 saturated heterocycles. The highest BCUT2D eigenvalue weighted by molar-refractivity contribution is 5.38. The van der Waals surface area contributed by atoms with Crippen LogP contribution < -0.4 is 0 Å². The minimum absolute atomic E-state index is 0.773. The van der Waals surface area contributed by atoms with E-state index in [9.17, 15) is 0 Å². The highest BCUT2D eigenvalue weighted by Gasteiger charge is 1.97. The van der Waals surface area contributed by atoms with Crippen LogP contribution in [0.5, 0.6) is 0 Å². The van der Waals surface area contributed by atoms with Gasteiger partial charge in [0.05, 0.1) is 6.07 Å². The summed E-state index contributed by atoms with van der Waals surface area (Å²) in [5.41, 5.74) is 1.94. The van der Waals surface area contributed by atoms with Crippen LogP contribution in [-0.4, -0.2) is 0 Å². The highest BCUT2D eigenvalue weighted by atomic mass is 14.2. The fraction of sp³-hybridized carbons (Fsp3) is 0.222. The first-order chi connectivity index (χ1) is 4.84. The van der Waals surface area contributed by atoms with Gasteiger partial charge in [-0.1, -0.05) is 24.3 Å². The summed E-state index contributed by atoms with van der Waals surface area (Å²) >= 11 is 0. The van der Waals surface area contributed by atoms with Gasteiger partial charge in [-0.3, -0.25) is 0 Å². The van der Waals surface area contributed by atoms with Crippen LogP contribution in [0.2, 0.25) is 0 Å². The molecular formula is C9H9N. The van der Waals surface area contributed by atoms with Gasteiger partial charge in [0.1, 0.15) is 0 Å². The lowest BCUT2D eigenvalue weighted by molar-refractivity contribution is 1.24. The van der Waals surface area contributed by atoms with Crippen LogP contribution in [0.25, 0.3) is 0 Å². The van der Waals surface area contributed by atoms with E-state index in [4.69, 9.17) is 5.26 Å². The molecule has 0 aromatic carbocycles. The van der Waals surface area contributed by atoms with E-state index in [0.29, 0.717) is 0 Å². The van der Waals surface area contributed by atoms with Crippen molar-refractivity contribution in [2.45, 2.75) is 13.3 Å². The molecule has 0 radical (unpaired) electrons. The Bertz CT molecular complexity index is 248. The summed E-state index contributed by atoms with van der Waals surface area (Å²) in [7, 11) is 0. The summed E-state index contributed by atoms with van der Waals surface area (Å²) in [4.78, 5) is 0. The van der Waals surface area contributed by atoms with E-state index in [2.05, 4.69) is 6.07 Å². The second kappa shape index (κ2) is 3.03. The van der Waals surface area contributed by atoms with E-state index in [1.807, 2.05) is 31.2 Å². The van der Waals surface area contributed by atoms with Crippen molar-refractivity contribution in [1.29, 1.82) is 5.26 Å². The SMILES string of the molecule is CC1=C(C#N)CC=CC=C1. The van der Waals surface area contributed by atoms with Gasteiger partial charge < -0.3 is 0 Å². The van der Waals surface area contributed by atoms with Crippen molar-refractivity contribution in [3.63, 3.8) is 0 Å². The van der Waals surface area contributed by atoms with Crippen LogP contribution in [0.3, 0.4) is 0 Å². The highest BCUT2D eigenvalue weighted by Crippen LogP contribution is 2.12. The molecule has 1 aliphatic carbocycles. The molecule has 0 fully saturated rings. The zero-order valence-corrected chi connectivity index (χ0v) is 5.96. The number of hydrogen-bond acceptors (Lipinski definition) is 1. The van der Waals surface area contributed by atoms with Crippen molar-refractivity contribution in [2.24, 2.45) is 0 Å². The molecule has 0 heterocycles. The van der Waals surface area contributed by atoms with E-state index in [1.54, 1.807) is 0 Å². The van der Waals surface area contributed by atoms with Gasteiger partial charge in [-0.05, 0) is 12.5 Å². The Morgan fingerprint density at radius 2 is 2.30 bits per heavy atom. The third-order valence-corrected chi connectivity index (χ3v) is 1.53. The first-order valence-electron chi connectivity index (χ1n) is 3.27. The molecule has 1 rings (SSSR count). The number of nitrogens with zero attached hydrogens (tertiary/aromatic N) is 1. The van der Waals surface area contributed by atoms with Gasteiger partial charge in [0.2, 0.25) is 0 Å². The van der Waals surface area contributed by atoms with Gasteiger partial charge >= 0.3 is 0 Å². The second-order valence-corrected chi connectivity index (χ2v) is 2.26. The lowest BCUT2D eigenvalue weighted by Gasteiger charge is -1.92. The van der Waals surface area contributed by atoms with Crippen LogP contribution in [0.15, 0.2) is 35.5 Å². The monoisotopic (exact) mass is 131 g/mol. The Labute approximate surface area is 61.0 Å². The molecule has 0 aromatic heterocycles. The maximum atomic E-state index is 8.61. The fourth-order valence-corrected chi connectivity index (χ4v) is 0.860. The third kappa shape index (κ3) is 1.35. The van der Waals surface area contributed by atoms with E-state index < -0.39 is 0 Å². The Morgan fingerprint density at radius 1 is 1.50 bits per heavy atom.